The molecule has 0 bridgehead atoms. The molecule has 0 atom stereocenters. The third kappa shape index (κ3) is 3.63. The summed E-state index contributed by atoms with van der Waals surface area (Å²) < 4.78 is 23.5. The van der Waals surface area contributed by atoms with E-state index in [4.69, 9.17) is 9.47 Å². The molecule has 0 aliphatic carbocycles. The van der Waals surface area contributed by atoms with E-state index in [1.54, 1.807) is 24.3 Å². The molecule has 0 aromatic heterocycles. The summed E-state index contributed by atoms with van der Waals surface area (Å²) >= 11 is 0. The van der Waals surface area contributed by atoms with Gasteiger partial charge in [-0.15, -0.1) is 0 Å². The molecule has 2 aromatic carbocycles. The minimum Gasteiger partial charge on any atom is -0.508 e. The highest BCUT2D eigenvalue weighted by Gasteiger charge is 2.07. The number of hydrogen-bond acceptors (Lipinski definition) is 4. The van der Waals surface area contributed by atoms with Gasteiger partial charge in [-0.25, -0.2) is 4.39 Å². The number of methoxy groups -OCH3 is 2. The second-order valence-electron chi connectivity index (χ2n) is 4.51. The smallest absolute Gasteiger partial charge is 0.186 e. The van der Waals surface area contributed by atoms with Crippen LogP contribution in [0.3, 0.4) is 0 Å². The molecule has 0 unspecified atom stereocenters. The fourth-order valence-electron chi connectivity index (χ4n) is 1.94. The summed E-state index contributed by atoms with van der Waals surface area (Å²) in [5, 5.41) is 9.31. The van der Waals surface area contributed by atoms with Gasteiger partial charge in [0.2, 0.25) is 0 Å². The number of allylic oxidation sites excluding steroid dienone is 1. The highest BCUT2D eigenvalue weighted by atomic mass is 19.1. The van der Waals surface area contributed by atoms with E-state index in [2.05, 4.69) is 0 Å². The number of carbonyl (C=O) groups excluding carboxylic acids is 1. The van der Waals surface area contributed by atoms with Gasteiger partial charge in [-0.05, 0) is 35.9 Å². The molecule has 5 heteroatoms. The third-order valence-corrected chi connectivity index (χ3v) is 3.00. The van der Waals surface area contributed by atoms with Gasteiger partial charge >= 0.3 is 0 Å². The summed E-state index contributed by atoms with van der Waals surface area (Å²) in [6.45, 7) is 0. The van der Waals surface area contributed by atoms with E-state index in [1.165, 1.54) is 26.4 Å². The molecule has 0 radical (unpaired) electrons. The zero-order valence-electron chi connectivity index (χ0n) is 12.2. The van der Waals surface area contributed by atoms with Gasteiger partial charge in [0.15, 0.2) is 17.3 Å². The second kappa shape index (κ2) is 6.76. The van der Waals surface area contributed by atoms with Crippen molar-refractivity contribution in [3.8, 4) is 17.2 Å². The Bertz CT molecular complexity index is 702. The van der Waals surface area contributed by atoms with Crippen molar-refractivity contribution in [2.24, 2.45) is 0 Å². The Morgan fingerprint density at radius 1 is 1.09 bits per heavy atom. The number of phenols is 1. The van der Waals surface area contributed by atoms with Gasteiger partial charge in [0.25, 0.3) is 0 Å². The number of aromatic hydroxyl groups is 1. The standard InChI is InChI=1S/C17H15FO4/c1-21-16-6-4-11(7-17(16)22-2)3-5-15(20)12-8-13(18)10-14(19)9-12/h3-10,19H,1-2H3/b5-3+. The summed E-state index contributed by atoms with van der Waals surface area (Å²) in [5.74, 6) is -0.239. The van der Waals surface area contributed by atoms with Gasteiger partial charge in [-0.2, -0.15) is 0 Å². The van der Waals surface area contributed by atoms with Gasteiger partial charge in [0.05, 0.1) is 14.2 Å². The van der Waals surface area contributed by atoms with Gasteiger partial charge in [0, 0.05) is 11.6 Å². The van der Waals surface area contributed by atoms with E-state index in [9.17, 15) is 14.3 Å². The van der Waals surface area contributed by atoms with Crippen molar-refractivity contribution in [3.05, 3.63) is 59.4 Å². The van der Waals surface area contributed by atoms with E-state index in [0.29, 0.717) is 11.5 Å². The van der Waals surface area contributed by atoms with E-state index < -0.39 is 11.6 Å². The molecular weight excluding hydrogens is 287 g/mol. The SMILES string of the molecule is COc1ccc(/C=C/C(=O)c2cc(O)cc(F)c2)cc1OC. The Hall–Kier alpha value is -2.82. The van der Waals surface area contributed by atoms with Gasteiger partial charge in [0.1, 0.15) is 11.6 Å². The van der Waals surface area contributed by atoms with Crippen LogP contribution in [0.2, 0.25) is 0 Å². The molecule has 0 heterocycles. The van der Waals surface area contributed by atoms with Crippen molar-refractivity contribution in [3.63, 3.8) is 0 Å². The predicted molar refractivity (Wildman–Crippen MR) is 81.0 cm³/mol. The summed E-state index contributed by atoms with van der Waals surface area (Å²) in [7, 11) is 3.05. The summed E-state index contributed by atoms with van der Waals surface area (Å²) in [5.41, 5.74) is 0.806. The summed E-state index contributed by atoms with van der Waals surface area (Å²) in [4.78, 5) is 12.0. The quantitative estimate of drug-likeness (QED) is 0.679. The van der Waals surface area contributed by atoms with Gasteiger partial charge in [-0.1, -0.05) is 12.1 Å². The van der Waals surface area contributed by atoms with Crippen LogP contribution < -0.4 is 9.47 Å². The van der Waals surface area contributed by atoms with Crippen LogP contribution in [0.25, 0.3) is 6.08 Å². The Labute approximate surface area is 127 Å². The normalized spacial score (nSPS) is 10.7. The lowest BCUT2D eigenvalue weighted by molar-refractivity contribution is 0.104. The Balaban J connectivity index is 2.22. The highest BCUT2D eigenvalue weighted by Crippen LogP contribution is 2.28. The Morgan fingerprint density at radius 3 is 2.45 bits per heavy atom. The molecule has 0 amide bonds. The lowest BCUT2D eigenvalue weighted by Gasteiger charge is -2.07. The zero-order chi connectivity index (χ0) is 16.1. The number of benzene rings is 2. The van der Waals surface area contributed by atoms with Crippen molar-refractivity contribution in [1.29, 1.82) is 0 Å². The van der Waals surface area contributed by atoms with Crippen LogP contribution in [0.15, 0.2) is 42.5 Å². The number of rotatable bonds is 5. The van der Waals surface area contributed by atoms with Gasteiger partial charge in [-0.3, -0.25) is 4.79 Å². The average molecular weight is 302 g/mol. The van der Waals surface area contributed by atoms with Crippen LogP contribution in [0, 0.1) is 5.82 Å². The fourth-order valence-corrected chi connectivity index (χ4v) is 1.94. The van der Waals surface area contributed by atoms with E-state index in [1.807, 2.05) is 0 Å². The lowest BCUT2D eigenvalue weighted by Crippen LogP contribution is -1.95. The first-order valence-electron chi connectivity index (χ1n) is 6.47. The summed E-state index contributed by atoms with van der Waals surface area (Å²) in [6.07, 6.45) is 2.88. The monoisotopic (exact) mass is 302 g/mol. The van der Waals surface area contributed by atoms with Crippen LogP contribution in [0.5, 0.6) is 17.2 Å². The molecule has 4 nitrogen and oxygen atoms in total. The van der Waals surface area contributed by atoms with Crippen LogP contribution in [-0.4, -0.2) is 25.1 Å². The molecular formula is C17H15FO4. The lowest BCUT2D eigenvalue weighted by atomic mass is 10.1. The van der Waals surface area contributed by atoms with E-state index in [-0.39, 0.29) is 11.3 Å². The molecule has 0 fully saturated rings. The second-order valence-corrected chi connectivity index (χ2v) is 4.51. The molecule has 2 rings (SSSR count). The van der Waals surface area contributed by atoms with Crippen molar-refractivity contribution in [1.82, 2.24) is 0 Å². The van der Waals surface area contributed by atoms with E-state index in [0.717, 1.165) is 17.7 Å². The Kier molecular flexibility index (Phi) is 4.78. The first-order valence-corrected chi connectivity index (χ1v) is 6.47. The molecule has 0 spiro atoms. The van der Waals surface area contributed by atoms with Gasteiger partial charge < -0.3 is 14.6 Å². The largest absolute Gasteiger partial charge is 0.508 e. The van der Waals surface area contributed by atoms with Crippen LogP contribution >= 0.6 is 0 Å². The minimum absolute atomic E-state index is 0.0780. The number of carbonyl (C=O) groups is 1. The third-order valence-electron chi connectivity index (χ3n) is 3.00. The molecule has 114 valence electrons. The van der Waals surface area contributed by atoms with Crippen LogP contribution in [-0.2, 0) is 0 Å². The van der Waals surface area contributed by atoms with E-state index >= 15 is 0 Å². The fraction of sp³-hybridized carbons (Fsp3) is 0.118. The molecule has 0 aliphatic rings. The maximum absolute atomic E-state index is 13.2. The van der Waals surface area contributed by atoms with Crippen molar-refractivity contribution < 1.29 is 23.8 Å². The number of ether oxygens (including phenoxy) is 2. The predicted octanol–water partition coefficient (Wildman–Crippen LogP) is 3.44. The van der Waals surface area contributed by atoms with Crippen molar-refractivity contribution in [2.45, 2.75) is 0 Å². The highest BCUT2D eigenvalue weighted by molar-refractivity contribution is 6.07. The molecule has 0 saturated carbocycles. The number of ketones is 1. The molecule has 22 heavy (non-hydrogen) atoms. The molecule has 2 aromatic rings. The number of halogens is 1. The van der Waals surface area contributed by atoms with Crippen LogP contribution in [0.1, 0.15) is 15.9 Å². The number of hydrogen-bond donors (Lipinski definition) is 1. The molecule has 0 aliphatic heterocycles. The first-order chi connectivity index (χ1) is 10.5. The van der Waals surface area contributed by atoms with Crippen LogP contribution in [0.4, 0.5) is 4.39 Å². The first kappa shape index (κ1) is 15.6. The Morgan fingerprint density at radius 2 is 1.82 bits per heavy atom. The molecule has 1 N–H and O–H groups in total. The average Bonchev–Trinajstić information content (AvgIpc) is 2.51. The minimum atomic E-state index is -0.664. The van der Waals surface area contributed by atoms with Crippen molar-refractivity contribution >= 4 is 11.9 Å². The zero-order valence-corrected chi connectivity index (χ0v) is 12.2. The maximum Gasteiger partial charge on any atom is 0.186 e. The molecule has 0 saturated heterocycles. The topological polar surface area (TPSA) is 55.8 Å². The number of phenolic OH excluding ortho intramolecular Hbond substituents is 1. The summed E-state index contributed by atoms with van der Waals surface area (Å²) in [6, 6.07) is 8.41. The van der Waals surface area contributed by atoms with Crippen molar-refractivity contribution in [2.75, 3.05) is 14.2 Å². The maximum atomic E-state index is 13.2.